The zero-order chi connectivity index (χ0) is 29.0. The summed E-state index contributed by atoms with van der Waals surface area (Å²) in [4.78, 5) is 27.8. The molecule has 1 N–H and O–H groups in total. The van der Waals surface area contributed by atoms with Gasteiger partial charge in [0.1, 0.15) is 22.9 Å². The molecule has 1 aromatic heterocycles. The number of methoxy groups -OCH3 is 3. The molecule has 1 atom stereocenters. The van der Waals surface area contributed by atoms with Crippen molar-refractivity contribution in [2.24, 2.45) is 0 Å². The number of rotatable bonds is 9. The number of carbonyl (C=O) groups is 2. The van der Waals surface area contributed by atoms with Gasteiger partial charge in [0, 0.05) is 27.6 Å². The van der Waals surface area contributed by atoms with Crippen LogP contribution in [0, 0.1) is 0 Å². The van der Waals surface area contributed by atoms with Gasteiger partial charge in [0.2, 0.25) is 5.91 Å². The van der Waals surface area contributed by atoms with Gasteiger partial charge in [-0.05, 0) is 89.4 Å². The van der Waals surface area contributed by atoms with Crippen molar-refractivity contribution in [3.63, 3.8) is 0 Å². The van der Waals surface area contributed by atoms with Gasteiger partial charge in [-0.3, -0.25) is 9.59 Å². The molecule has 8 nitrogen and oxygen atoms in total. The van der Waals surface area contributed by atoms with E-state index in [0.717, 1.165) is 55.8 Å². The van der Waals surface area contributed by atoms with Crippen molar-refractivity contribution in [3.8, 4) is 5.75 Å². The molecule has 0 saturated heterocycles. The molecule has 0 aliphatic heterocycles. The lowest BCUT2D eigenvalue weighted by Crippen LogP contribution is -2.34. The molecule has 4 rings (SSSR count). The Morgan fingerprint density at radius 1 is 1.15 bits per heavy atom. The highest BCUT2D eigenvalue weighted by atomic mass is 32.2. The molecule has 1 heterocycles. The number of benzene rings is 1. The molecule has 0 fully saturated rings. The second-order valence-electron chi connectivity index (χ2n) is 10.1. The number of fused-ring (bicyclic) bond motifs is 1. The number of hydrogen-bond donors (Lipinski definition) is 1. The number of hydrogen-bond acceptors (Lipinski definition) is 7. The monoisotopic (exact) mass is 564 g/mol. The largest absolute Gasteiger partial charge is 0.497 e. The highest BCUT2D eigenvalue weighted by molar-refractivity contribution is 8.16. The highest BCUT2D eigenvalue weighted by Crippen LogP contribution is 2.47. The van der Waals surface area contributed by atoms with Crippen molar-refractivity contribution < 1.29 is 28.2 Å². The van der Waals surface area contributed by atoms with Crippen LogP contribution in [0.1, 0.15) is 43.6 Å². The zero-order valence-electron chi connectivity index (χ0n) is 24.0. The minimum absolute atomic E-state index is 0.0959. The Balaban J connectivity index is 1.72. The second-order valence-corrected chi connectivity index (χ2v) is 11.1. The highest BCUT2D eigenvalue weighted by Gasteiger charge is 2.38. The quantitative estimate of drug-likeness (QED) is 0.389. The minimum atomic E-state index is -0.754. The van der Waals surface area contributed by atoms with Crippen LogP contribution in [0.5, 0.6) is 5.75 Å². The van der Waals surface area contributed by atoms with Crippen LogP contribution in [0.15, 0.2) is 75.0 Å². The summed E-state index contributed by atoms with van der Waals surface area (Å²) in [6.45, 7) is 4.33. The van der Waals surface area contributed by atoms with Gasteiger partial charge in [-0.15, -0.1) is 0 Å². The first-order valence-electron chi connectivity index (χ1n) is 12.9. The molecule has 9 heteroatoms. The van der Waals surface area contributed by atoms with Gasteiger partial charge in [0.25, 0.3) is 5.24 Å². The molecule has 2 amide bonds. The van der Waals surface area contributed by atoms with Crippen molar-refractivity contribution >= 4 is 34.1 Å². The SMILES string of the molecule is COC1=C(SC(=O)N(C)C)C(C)(OC)CC(/C=C2/C(C)=C(CC(=O)NCc3ccco3)c3cc(OC)ccc32)=C1. The number of ether oxygens (including phenoxy) is 3. The number of allylic oxidation sites excluding steroid dienone is 4. The predicted octanol–water partition coefficient (Wildman–Crippen LogP) is 6.17. The first kappa shape index (κ1) is 29.3. The summed E-state index contributed by atoms with van der Waals surface area (Å²) in [6, 6.07) is 9.56. The topological polar surface area (TPSA) is 90.2 Å². The van der Waals surface area contributed by atoms with Gasteiger partial charge in [-0.25, -0.2) is 0 Å². The maximum atomic E-state index is 13.0. The summed E-state index contributed by atoms with van der Waals surface area (Å²) >= 11 is 1.12. The van der Waals surface area contributed by atoms with E-state index in [0.29, 0.717) is 24.5 Å². The minimum Gasteiger partial charge on any atom is -0.497 e. The maximum absolute atomic E-state index is 13.0. The fourth-order valence-corrected chi connectivity index (χ4v) is 5.86. The number of furan rings is 1. The van der Waals surface area contributed by atoms with E-state index in [-0.39, 0.29) is 17.6 Å². The Hall–Kier alpha value is -3.69. The van der Waals surface area contributed by atoms with E-state index in [4.69, 9.17) is 18.6 Å². The van der Waals surface area contributed by atoms with Crippen LogP contribution in [0.4, 0.5) is 4.79 Å². The van der Waals surface area contributed by atoms with Gasteiger partial charge in [-0.1, -0.05) is 12.1 Å². The van der Waals surface area contributed by atoms with E-state index < -0.39 is 5.60 Å². The van der Waals surface area contributed by atoms with Crippen molar-refractivity contribution in [1.82, 2.24) is 10.2 Å². The van der Waals surface area contributed by atoms with E-state index >= 15 is 0 Å². The Morgan fingerprint density at radius 2 is 1.93 bits per heavy atom. The first-order valence-corrected chi connectivity index (χ1v) is 13.7. The zero-order valence-corrected chi connectivity index (χ0v) is 24.9. The summed E-state index contributed by atoms with van der Waals surface area (Å²) < 4.78 is 22.6. The summed E-state index contributed by atoms with van der Waals surface area (Å²) in [7, 11) is 8.31. The Kier molecular flexibility index (Phi) is 8.95. The van der Waals surface area contributed by atoms with Crippen LogP contribution < -0.4 is 10.1 Å². The van der Waals surface area contributed by atoms with E-state index in [1.165, 1.54) is 4.90 Å². The number of carbonyl (C=O) groups excluding carboxylic acids is 2. The molecule has 0 radical (unpaired) electrons. The van der Waals surface area contributed by atoms with Crippen LogP contribution >= 0.6 is 11.8 Å². The number of thioether (sulfide) groups is 1. The second kappa shape index (κ2) is 12.2. The van der Waals surface area contributed by atoms with E-state index in [1.54, 1.807) is 47.8 Å². The molecule has 2 aromatic rings. The van der Waals surface area contributed by atoms with Crippen molar-refractivity contribution in [1.29, 1.82) is 0 Å². The maximum Gasteiger partial charge on any atom is 0.285 e. The summed E-state index contributed by atoms with van der Waals surface area (Å²) in [5.41, 5.74) is 5.21. The van der Waals surface area contributed by atoms with Crippen LogP contribution in [-0.2, 0) is 20.8 Å². The number of nitrogens with zero attached hydrogens (tertiary/aromatic N) is 1. The third-order valence-electron chi connectivity index (χ3n) is 7.19. The van der Waals surface area contributed by atoms with Crippen LogP contribution in [0.25, 0.3) is 11.1 Å². The molecule has 2 aliphatic rings. The molecule has 1 unspecified atom stereocenters. The van der Waals surface area contributed by atoms with E-state index in [1.807, 2.05) is 44.2 Å². The molecule has 0 spiro atoms. The van der Waals surface area contributed by atoms with Crippen LogP contribution in [0.3, 0.4) is 0 Å². The lowest BCUT2D eigenvalue weighted by atomic mass is 9.88. The third-order valence-corrected chi connectivity index (χ3v) is 8.57. The predicted molar refractivity (Wildman–Crippen MR) is 158 cm³/mol. The molecule has 40 heavy (non-hydrogen) atoms. The standard InChI is InChI=1S/C31H36N2O6S/c1-19-24(13-20-14-27(37-6)29(31(2,17-20)38-7)40-30(35)33(3)4)23-11-10-21(36-5)15-26(23)25(19)16-28(34)32-18-22-9-8-12-39-22/h8-15H,16-18H2,1-7H3,(H,32,34)/b24-13-. The molecule has 0 saturated carbocycles. The van der Waals surface area contributed by atoms with E-state index in [2.05, 4.69) is 11.4 Å². The first-order chi connectivity index (χ1) is 19.1. The summed E-state index contributed by atoms with van der Waals surface area (Å²) in [5.74, 6) is 1.92. The fourth-order valence-electron chi connectivity index (χ4n) is 4.88. The summed E-state index contributed by atoms with van der Waals surface area (Å²) in [6.07, 6.45) is 6.44. The van der Waals surface area contributed by atoms with Crippen LogP contribution in [-0.4, -0.2) is 57.1 Å². The van der Waals surface area contributed by atoms with E-state index in [9.17, 15) is 9.59 Å². The smallest absolute Gasteiger partial charge is 0.285 e. The third kappa shape index (κ3) is 6.05. The van der Waals surface area contributed by atoms with Gasteiger partial charge in [0.15, 0.2) is 0 Å². The molecule has 0 bridgehead atoms. The Morgan fingerprint density at radius 3 is 2.55 bits per heavy atom. The lowest BCUT2D eigenvalue weighted by molar-refractivity contribution is -0.120. The van der Waals surface area contributed by atoms with Gasteiger partial charge in [-0.2, -0.15) is 0 Å². The number of nitrogens with one attached hydrogen (secondary N) is 1. The van der Waals surface area contributed by atoms with Crippen molar-refractivity contribution in [2.75, 3.05) is 35.4 Å². The molecule has 212 valence electrons. The lowest BCUT2D eigenvalue weighted by Gasteiger charge is -2.35. The van der Waals surface area contributed by atoms with Crippen molar-refractivity contribution in [2.45, 2.75) is 38.8 Å². The average Bonchev–Trinajstić information content (AvgIpc) is 3.55. The Bertz CT molecular complexity index is 1420. The normalized spacial score (nSPS) is 19.5. The van der Waals surface area contributed by atoms with Crippen molar-refractivity contribution in [3.05, 3.63) is 87.4 Å². The van der Waals surface area contributed by atoms with Gasteiger partial charge < -0.3 is 28.8 Å². The summed E-state index contributed by atoms with van der Waals surface area (Å²) in [5, 5.41) is 2.85. The Labute approximate surface area is 239 Å². The number of amides is 2. The van der Waals surface area contributed by atoms with Gasteiger partial charge >= 0.3 is 0 Å². The van der Waals surface area contributed by atoms with Crippen LogP contribution in [0.2, 0.25) is 0 Å². The molecular weight excluding hydrogens is 528 g/mol. The molecule has 1 aromatic carbocycles. The fraction of sp³-hybridized carbons (Fsp3) is 0.355. The molecular formula is C31H36N2O6S. The van der Waals surface area contributed by atoms with Gasteiger partial charge in [0.05, 0.1) is 38.4 Å². The molecule has 2 aliphatic carbocycles. The average molecular weight is 565 g/mol.